The summed E-state index contributed by atoms with van der Waals surface area (Å²) in [4.78, 5) is 21.8. The Bertz CT molecular complexity index is 1430. The molecular weight excluding hydrogens is 434 g/mol. The van der Waals surface area contributed by atoms with Crippen molar-refractivity contribution in [3.05, 3.63) is 29.8 Å². The van der Waals surface area contributed by atoms with E-state index >= 15 is 0 Å². The standard InChI is InChI=1S/C24H25N7OS/c1-13-28-18-15(9-25)7-14(8-17(18)32-13)19-27-10-16-20(30-19)33-22(29-16)31(4)21-23(2)5-6-24(21,3)12-26-11-23/h7-8,10,21,26H,5-6,11-12H2,1-4H3/t21?,23-,24?/m0/s1. The maximum atomic E-state index is 9.58. The summed E-state index contributed by atoms with van der Waals surface area (Å²) in [7, 11) is 2.17. The van der Waals surface area contributed by atoms with Crippen LogP contribution in [0.3, 0.4) is 0 Å². The maximum absolute atomic E-state index is 9.58. The molecule has 168 valence electrons. The largest absolute Gasteiger partial charge is 0.441 e. The zero-order valence-electron chi connectivity index (χ0n) is 19.1. The minimum atomic E-state index is 0.231. The molecule has 1 aliphatic heterocycles. The van der Waals surface area contributed by atoms with Gasteiger partial charge in [-0.15, -0.1) is 0 Å². The summed E-state index contributed by atoms with van der Waals surface area (Å²) in [6, 6.07) is 6.25. The summed E-state index contributed by atoms with van der Waals surface area (Å²) in [5, 5.41) is 14.2. The topological polar surface area (TPSA) is 104 Å². The molecule has 6 rings (SSSR count). The molecule has 2 unspecified atom stereocenters. The summed E-state index contributed by atoms with van der Waals surface area (Å²) in [6.45, 7) is 8.64. The molecule has 8 nitrogen and oxygen atoms in total. The van der Waals surface area contributed by atoms with Crippen molar-refractivity contribution in [3.8, 4) is 17.5 Å². The minimum Gasteiger partial charge on any atom is -0.441 e. The number of oxazole rings is 1. The average Bonchev–Trinajstić information content (AvgIpc) is 3.42. The number of nitrogens with zero attached hydrogens (tertiary/aromatic N) is 6. The average molecular weight is 460 g/mol. The molecule has 4 aromatic rings. The van der Waals surface area contributed by atoms with Crippen molar-refractivity contribution < 1.29 is 4.42 Å². The van der Waals surface area contributed by atoms with E-state index in [2.05, 4.69) is 47.1 Å². The Labute approximate surface area is 195 Å². The number of nitriles is 1. The molecule has 1 aliphatic carbocycles. The number of hydrogen-bond acceptors (Lipinski definition) is 9. The molecule has 4 heterocycles. The Morgan fingerprint density at radius 3 is 2.67 bits per heavy atom. The number of nitrogens with one attached hydrogen (secondary N) is 1. The summed E-state index contributed by atoms with van der Waals surface area (Å²) >= 11 is 1.60. The lowest BCUT2D eigenvalue weighted by Crippen LogP contribution is -2.60. The van der Waals surface area contributed by atoms with E-state index in [9.17, 15) is 5.26 Å². The van der Waals surface area contributed by atoms with Crippen LogP contribution in [0.2, 0.25) is 0 Å². The molecule has 1 aromatic carbocycles. The highest BCUT2D eigenvalue weighted by Gasteiger charge is 2.56. The van der Waals surface area contributed by atoms with Crippen molar-refractivity contribution >= 4 is 37.9 Å². The van der Waals surface area contributed by atoms with Gasteiger partial charge in [0.1, 0.15) is 21.9 Å². The van der Waals surface area contributed by atoms with Crippen LogP contribution in [0.1, 0.15) is 38.1 Å². The molecule has 1 N–H and O–H groups in total. The molecule has 2 fully saturated rings. The third kappa shape index (κ3) is 3.05. The van der Waals surface area contributed by atoms with Crippen LogP contribution in [0.25, 0.3) is 32.8 Å². The van der Waals surface area contributed by atoms with Gasteiger partial charge in [0.15, 0.2) is 22.4 Å². The van der Waals surface area contributed by atoms with Crippen LogP contribution in [0, 0.1) is 29.1 Å². The van der Waals surface area contributed by atoms with Crippen molar-refractivity contribution in [2.24, 2.45) is 10.8 Å². The molecule has 2 aliphatic rings. The number of aryl methyl sites for hydroxylation is 1. The Kier molecular flexibility index (Phi) is 4.32. The first-order chi connectivity index (χ1) is 15.8. The smallest absolute Gasteiger partial charge is 0.192 e. The third-order valence-corrected chi connectivity index (χ3v) is 8.51. The molecule has 9 heteroatoms. The highest BCUT2D eigenvalue weighted by atomic mass is 32.1. The normalized spacial score (nSPS) is 26.7. The SMILES string of the molecule is Cc1nc2c(C#N)cc(-c3ncc4nc(N(C)C5C6(C)CC[C@@]5(C)CNC6)sc4n3)cc2o1. The van der Waals surface area contributed by atoms with E-state index < -0.39 is 0 Å². The number of hydrogen-bond donors (Lipinski definition) is 1. The van der Waals surface area contributed by atoms with E-state index in [1.165, 1.54) is 12.8 Å². The van der Waals surface area contributed by atoms with E-state index in [1.54, 1.807) is 30.5 Å². The summed E-state index contributed by atoms with van der Waals surface area (Å²) < 4.78 is 5.67. The molecular formula is C24H25N7OS. The fraction of sp³-hybridized carbons (Fsp3) is 0.458. The fourth-order valence-corrected chi connectivity index (χ4v) is 7.00. The number of fused-ring (bicyclic) bond motifs is 4. The van der Waals surface area contributed by atoms with Gasteiger partial charge in [0.25, 0.3) is 0 Å². The lowest BCUT2D eigenvalue weighted by Gasteiger charge is -2.49. The summed E-state index contributed by atoms with van der Waals surface area (Å²) in [5.74, 6) is 1.08. The van der Waals surface area contributed by atoms with Crippen LogP contribution in [-0.2, 0) is 0 Å². The second-order valence-corrected chi connectivity index (χ2v) is 11.0. The van der Waals surface area contributed by atoms with Gasteiger partial charge in [-0.2, -0.15) is 5.26 Å². The first kappa shape index (κ1) is 20.5. The van der Waals surface area contributed by atoms with Crippen molar-refractivity contribution in [1.82, 2.24) is 25.3 Å². The van der Waals surface area contributed by atoms with Gasteiger partial charge in [-0.1, -0.05) is 25.2 Å². The quantitative estimate of drug-likeness (QED) is 0.484. The monoisotopic (exact) mass is 459 g/mol. The molecule has 0 amide bonds. The summed E-state index contributed by atoms with van der Waals surface area (Å²) in [5.41, 5.74) is 3.58. The number of piperidine rings is 1. The van der Waals surface area contributed by atoms with Crippen LogP contribution >= 0.6 is 11.3 Å². The highest BCUT2D eigenvalue weighted by molar-refractivity contribution is 7.21. The molecule has 33 heavy (non-hydrogen) atoms. The van der Waals surface area contributed by atoms with E-state index in [0.29, 0.717) is 34.4 Å². The number of thiazole rings is 1. The third-order valence-electron chi connectivity index (χ3n) is 7.45. The highest BCUT2D eigenvalue weighted by Crippen LogP contribution is 2.54. The Hall–Kier alpha value is -3.09. The van der Waals surface area contributed by atoms with Crippen molar-refractivity contribution in [2.45, 2.75) is 39.7 Å². The second kappa shape index (κ2) is 6.95. The van der Waals surface area contributed by atoms with Gasteiger partial charge < -0.3 is 14.6 Å². The van der Waals surface area contributed by atoms with E-state index in [4.69, 9.17) is 14.4 Å². The van der Waals surface area contributed by atoms with E-state index in [-0.39, 0.29) is 10.8 Å². The van der Waals surface area contributed by atoms with Gasteiger partial charge >= 0.3 is 0 Å². The molecule has 2 bridgehead atoms. The lowest BCUT2D eigenvalue weighted by molar-refractivity contribution is 0.143. The van der Waals surface area contributed by atoms with Crippen LogP contribution < -0.4 is 10.2 Å². The van der Waals surface area contributed by atoms with Crippen LogP contribution in [0.15, 0.2) is 22.7 Å². The first-order valence-corrected chi connectivity index (χ1v) is 12.0. The van der Waals surface area contributed by atoms with Crippen LogP contribution in [0.4, 0.5) is 5.13 Å². The number of rotatable bonds is 3. The molecule has 3 aromatic heterocycles. The van der Waals surface area contributed by atoms with Gasteiger partial charge in [0.2, 0.25) is 0 Å². The second-order valence-electron chi connectivity index (χ2n) is 10.0. The van der Waals surface area contributed by atoms with Gasteiger partial charge in [-0.25, -0.2) is 19.9 Å². The molecule has 1 saturated carbocycles. The van der Waals surface area contributed by atoms with Gasteiger partial charge in [-0.05, 0) is 25.0 Å². The number of benzene rings is 1. The molecule has 1 saturated heterocycles. The zero-order chi connectivity index (χ0) is 23.0. The molecule has 0 spiro atoms. The number of anilines is 1. The Morgan fingerprint density at radius 1 is 1.18 bits per heavy atom. The molecule has 0 radical (unpaired) electrons. The van der Waals surface area contributed by atoms with Crippen molar-refractivity contribution in [3.63, 3.8) is 0 Å². The number of aromatic nitrogens is 4. The van der Waals surface area contributed by atoms with Gasteiger partial charge in [-0.3, -0.25) is 0 Å². The zero-order valence-corrected chi connectivity index (χ0v) is 20.0. The molecule has 3 atom stereocenters. The fourth-order valence-electron chi connectivity index (χ4n) is 6.10. The van der Waals surface area contributed by atoms with Crippen molar-refractivity contribution in [2.75, 3.05) is 25.0 Å². The van der Waals surface area contributed by atoms with Crippen LogP contribution in [-0.4, -0.2) is 46.1 Å². The van der Waals surface area contributed by atoms with E-state index in [0.717, 1.165) is 34.1 Å². The maximum Gasteiger partial charge on any atom is 0.192 e. The minimum absolute atomic E-state index is 0.231. The Morgan fingerprint density at radius 2 is 1.94 bits per heavy atom. The predicted molar refractivity (Wildman–Crippen MR) is 128 cm³/mol. The predicted octanol–water partition coefficient (Wildman–Crippen LogP) is 4.29. The van der Waals surface area contributed by atoms with Gasteiger partial charge in [0.05, 0.1) is 11.8 Å². The van der Waals surface area contributed by atoms with Crippen LogP contribution in [0.5, 0.6) is 0 Å². The van der Waals surface area contributed by atoms with Gasteiger partial charge in [0, 0.05) is 49.5 Å². The van der Waals surface area contributed by atoms with Crippen molar-refractivity contribution in [1.29, 1.82) is 5.26 Å². The van der Waals surface area contributed by atoms with E-state index in [1.807, 2.05) is 6.07 Å². The Balaban J connectivity index is 1.39. The first-order valence-electron chi connectivity index (χ1n) is 11.2. The lowest BCUT2D eigenvalue weighted by atomic mass is 9.72. The summed E-state index contributed by atoms with van der Waals surface area (Å²) in [6.07, 6.45) is 4.23.